The topological polar surface area (TPSA) is 119 Å². The van der Waals surface area contributed by atoms with Crippen LogP contribution in [0.1, 0.15) is 52.0 Å². The minimum Gasteiger partial charge on any atom is -0.350 e. The number of likely N-dealkylation sites (tertiary alicyclic amines) is 1. The molecule has 0 radical (unpaired) electrons. The van der Waals surface area contributed by atoms with Crippen molar-refractivity contribution in [2.24, 2.45) is 17.1 Å². The summed E-state index contributed by atoms with van der Waals surface area (Å²) in [5.74, 6) is 0.0854. The third-order valence-corrected chi connectivity index (χ3v) is 6.63. The maximum absolute atomic E-state index is 13.2. The van der Waals surface area contributed by atoms with Crippen molar-refractivity contribution in [2.45, 2.75) is 71.1 Å². The van der Waals surface area contributed by atoms with E-state index in [0.717, 1.165) is 24.1 Å². The number of hydrogen-bond acceptors (Lipinski definition) is 6. The number of nitrogens with zero attached hydrogens (tertiary/aromatic N) is 5. The van der Waals surface area contributed by atoms with Gasteiger partial charge in [-0.15, -0.1) is 5.10 Å². The molecule has 1 aliphatic heterocycles. The quantitative estimate of drug-likeness (QED) is 0.682. The summed E-state index contributed by atoms with van der Waals surface area (Å²) < 4.78 is 1.52. The molecular weight excluding hydrogens is 430 g/mol. The fraction of sp³-hybridized carbons (Fsp3) is 0.591. The Morgan fingerprint density at radius 3 is 2.72 bits per heavy atom. The number of nitrogens with one attached hydrogen (secondary N) is 1. The molecule has 1 saturated carbocycles. The summed E-state index contributed by atoms with van der Waals surface area (Å²) in [5, 5.41) is 14.8. The molecule has 1 aromatic carbocycles. The van der Waals surface area contributed by atoms with Gasteiger partial charge in [0.05, 0.1) is 11.7 Å². The first-order valence-corrected chi connectivity index (χ1v) is 11.4. The van der Waals surface area contributed by atoms with Crippen LogP contribution >= 0.6 is 11.6 Å². The van der Waals surface area contributed by atoms with Crippen LogP contribution in [0.5, 0.6) is 0 Å². The van der Waals surface area contributed by atoms with Crippen molar-refractivity contribution < 1.29 is 9.59 Å². The van der Waals surface area contributed by atoms with Gasteiger partial charge in [0.25, 0.3) is 0 Å². The standard InChI is InChI=1S/C22H30ClN7O2/c1-22(2,3)10-16(24)21(32)30-18-6-4-13(18)9-19(30)20(31)25-11-14-8-15(23)5-7-17(14)29-12-26-27-28-29/h5,7-8,12-13,16,18-19H,4,6,9-11,24H2,1-3H3,(H,25,31)/t13?,16-,18-,19+/m1/s1. The van der Waals surface area contributed by atoms with E-state index in [1.807, 2.05) is 0 Å². The van der Waals surface area contributed by atoms with Crippen molar-refractivity contribution >= 4 is 23.4 Å². The van der Waals surface area contributed by atoms with Gasteiger partial charge in [0.2, 0.25) is 11.8 Å². The van der Waals surface area contributed by atoms with Crippen molar-refractivity contribution in [3.05, 3.63) is 35.1 Å². The minimum atomic E-state index is -0.607. The fourth-order valence-electron chi connectivity index (χ4n) is 4.80. The molecule has 9 nitrogen and oxygen atoms in total. The molecule has 0 spiro atoms. The molecule has 2 fully saturated rings. The predicted molar refractivity (Wildman–Crippen MR) is 120 cm³/mol. The number of hydrogen-bond donors (Lipinski definition) is 2. The number of tetrazole rings is 1. The van der Waals surface area contributed by atoms with Gasteiger partial charge < -0.3 is 16.0 Å². The molecule has 2 heterocycles. The SMILES string of the molecule is CC(C)(C)C[C@@H](N)C(=O)N1[C@@H]2CCC2C[C@H]1C(=O)NCc1cc(Cl)ccc1-n1cnnn1. The number of halogens is 1. The molecule has 172 valence electrons. The molecule has 4 atom stereocenters. The van der Waals surface area contributed by atoms with Crippen LogP contribution in [0.3, 0.4) is 0 Å². The molecule has 1 aromatic heterocycles. The lowest BCUT2D eigenvalue weighted by atomic mass is 9.80. The molecule has 0 bridgehead atoms. The Kier molecular flexibility index (Phi) is 6.22. The molecular formula is C22H30ClN7O2. The van der Waals surface area contributed by atoms with Gasteiger partial charge in [-0.25, -0.2) is 4.68 Å². The second kappa shape index (κ2) is 8.78. The Morgan fingerprint density at radius 2 is 2.09 bits per heavy atom. The zero-order valence-corrected chi connectivity index (χ0v) is 19.4. The lowest BCUT2D eigenvalue weighted by Gasteiger charge is -2.39. The summed E-state index contributed by atoms with van der Waals surface area (Å²) in [4.78, 5) is 28.2. The number of carbonyl (C=O) groups is 2. The highest BCUT2D eigenvalue weighted by atomic mass is 35.5. The Hall–Kier alpha value is -2.52. The minimum absolute atomic E-state index is 0.0647. The number of nitrogens with two attached hydrogens (primary N) is 1. The van der Waals surface area contributed by atoms with Crippen LogP contribution in [0.15, 0.2) is 24.5 Å². The van der Waals surface area contributed by atoms with Gasteiger partial charge in [0, 0.05) is 17.6 Å². The number of benzene rings is 1. The molecule has 2 aliphatic rings. The Bertz CT molecular complexity index is 989. The van der Waals surface area contributed by atoms with E-state index in [9.17, 15) is 9.59 Å². The zero-order chi connectivity index (χ0) is 23.0. The summed E-state index contributed by atoms with van der Waals surface area (Å²) in [6.45, 7) is 6.44. The molecule has 3 N–H and O–H groups in total. The van der Waals surface area contributed by atoms with Crippen LogP contribution in [-0.2, 0) is 16.1 Å². The highest BCUT2D eigenvalue weighted by Gasteiger charge is 2.51. The van der Waals surface area contributed by atoms with Crippen LogP contribution in [0.25, 0.3) is 5.69 Å². The van der Waals surface area contributed by atoms with Gasteiger partial charge in [-0.05, 0) is 71.2 Å². The lowest BCUT2D eigenvalue weighted by Crippen LogP contribution is -2.55. The highest BCUT2D eigenvalue weighted by molar-refractivity contribution is 6.30. The van der Waals surface area contributed by atoms with E-state index in [-0.39, 0.29) is 29.8 Å². The zero-order valence-electron chi connectivity index (χ0n) is 18.7. The number of rotatable bonds is 6. The number of aromatic nitrogens is 4. The fourth-order valence-corrected chi connectivity index (χ4v) is 5.00. The molecule has 1 saturated heterocycles. The second-order valence-corrected chi connectivity index (χ2v) is 10.5. The van der Waals surface area contributed by atoms with E-state index in [2.05, 4.69) is 41.6 Å². The van der Waals surface area contributed by atoms with E-state index in [1.54, 1.807) is 23.1 Å². The molecule has 1 aliphatic carbocycles. The monoisotopic (exact) mass is 459 g/mol. The van der Waals surface area contributed by atoms with Crippen LogP contribution in [0.2, 0.25) is 5.02 Å². The highest BCUT2D eigenvalue weighted by Crippen LogP contribution is 2.44. The van der Waals surface area contributed by atoms with Crippen molar-refractivity contribution in [1.29, 1.82) is 0 Å². The first-order valence-electron chi connectivity index (χ1n) is 11.0. The lowest BCUT2D eigenvalue weighted by molar-refractivity contribution is -0.143. The van der Waals surface area contributed by atoms with Crippen molar-refractivity contribution in [2.75, 3.05) is 0 Å². The van der Waals surface area contributed by atoms with Crippen LogP contribution < -0.4 is 11.1 Å². The van der Waals surface area contributed by atoms with Crippen LogP contribution in [-0.4, -0.2) is 55.0 Å². The molecule has 10 heteroatoms. The average molecular weight is 460 g/mol. The van der Waals surface area contributed by atoms with E-state index in [1.165, 1.54) is 11.0 Å². The Labute approximate surface area is 192 Å². The van der Waals surface area contributed by atoms with Gasteiger partial charge in [0.1, 0.15) is 12.4 Å². The summed E-state index contributed by atoms with van der Waals surface area (Å²) in [6.07, 6.45) is 4.72. The Morgan fingerprint density at radius 1 is 1.31 bits per heavy atom. The summed E-state index contributed by atoms with van der Waals surface area (Å²) in [6, 6.07) is 4.34. The van der Waals surface area contributed by atoms with Gasteiger partial charge in [-0.2, -0.15) is 0 Å². The Balaban J connectivity index is 1.48. The van der Waals surface area contributed by atoms with Crippen LogP contribution in [0, 0.1) is 11.3 Å². The number of amides is 2. The third-order valence-electron chi connectivity index (χ3n) is 6.39. The van der Waals surface area contributed by atoms with Gasteiger partial charge in [-0.1, -0.05) is 32.4 Å². The van der Waals surface area contributed by atoms with E-state index in [0.29, 0.717) is 23.8 Å². The first-order chi connectivity index (χ1) is 15.1. The maximum Gasteiger partial charge on any atom is 0.243 e. The van der Waals surface area contributed by atoms with E-state index in [4.69, 9.17) is 17.3 Å². The summed E-state index contributed by atoms with van der Waals surface area (Å²) in [5.41, 5.74) is 7.72. The average Bonchev–Trinajstić information content (AvgIpc) is 3.31. The van der Waals surface area contributed by atoms with E-state index >= 15 is 0 Å². The summed E-state index contributed by atoms with van der Waals surface area (Å²) in [7, 11) is 0. The summed E-state index contributed by atoms with van der Waals surface area (Å²) >= 11 is 6.18. The maximum atomic E-state index is 13.2. The number of fused-ring (bicyclic) bond motifs is 1. The molecule has 2 amide bonds. The predicted octanol–water partition coefficient (Wildman–Crippen LogP) is 2.07. The van der Waals surface area contributed by atoms with Gasteiger partial charge >= 0.3 is 0 Å². The molecule has 4 rings (SSSR count). The molecule has 2 aromatic rings. The third kappa shape index (κ3) is 4.63. The second-order valence-electron chi connectivity index (χ2n) is 10.0. The largest absolute Gasteiger partial charge is 0.350 e. The van der Waals surface area contributed by atoms with Crippen molar-refractivity contribution in [1.82, 2.24) is 30.4 Å². The van der Waals surface area contributed by atoms with Gasteiger partial charge in [-0.3, -0.25) is 9.59 Å². The molecule has 1 unspecified atom stereocenters. The normalized spacial score (nSPS) is 23.4. The van der Waals surface area contributed by atoms with E-state index < -0.39 is 12.1 Å². The van der Waals surface area contributed by atoms with Gasteiger partial charge in [0.15, 0.2) is 0 Å². The van der Waals surface area contributed by atoms with Crippen molar-refractivity contribution in [3.8, 4) is 5.69 Å². The molecule has 32 heavy (non-hydrogen) atoms. The smallest absolute Gasteiger partial charge is 0.243 e. The van der Waals surface area contributed by atoms with Crippen molar-refractivity contribution in [3.63, 3.8) is 0 Å². The van der Waals surface area contributed by atoms with Crippen LogP contribution in [0.4, 0.5) is 0 Å². The first kappa shape index (κ1) is 22.7. The number of carbonyl (C=O) groups excluding carboxylic acids is 2.